The lowest BCUT2D eigenvalue weighted by molar-refractivity contribution is 0.0935. The molecule has 1 N–H and O–H groups in total. The van der Waals surface area contributed by atoms with Crippen LogP contribution in [0.1, 0.15) is 57.6 Å². The molecule has 2 heteroatoms. The lowest BCUT2D eigenvalue weighted by atomic mass is 9.96. The molecule has 0 aliphatic carbocycles. The Kier molecular flexibility index (Phi) is 5.02. The number of amides is 1. The molecule has 0 aliphatic rings. The van der Waals surface area contributed by atoms with Crippen LogP contribution >= 0.6 is 0 Å². The summed E-state index contributed by atoms with van der Waals surface area (Å²) in [5, 5.41) is 3.19. The summed E-state index contributed by atoms with van der Waals surface area (Å²) in [6.45, 7) is 10.3. The van der Waals surface area contributed by atoms with Crippen LogP contribution in [0.3, 0.4) is 0 Å². The van der Waals surface area contributed by atoms with E-state index in [4.69, 9.17) is 0 Å². The van der Waals surface area contributed by atoms with Crippen LogP contribution in [0.25, 0.3) is 0 Å². The summed E-state index contributed by atoms with van der Waals surface area (Å²) in [5.74, 6) is 0.00743. The van der Waals surface area contributed by atoms with Crippen molar-refractivity contribution >= 4 is 5.91 Å². The van der Waals surface area contributed by atoms with Crippen molar-refractivity contribution in [3.63, 3.8) is 0 Å². The second-order valence-electron chi connectivity index (χ2n) is 6.11. The van der Waals surface area contributed by atoms with Crippen molar-refractivity contribution < 1.29 is 4.79 Å². The van der Waals surface area contributed by atoms with Gasteiger partial charge in [-0.15, -0.1) is 0 Å². The molecule has 0 saturated carbocycles. The molecule has 0 bridgehead atoms. The van der Waals surface area contributed by atoms with Crippen LogP contribution in [-0.4, -0.2) is 5.91 Å². The van der Waals surface area contributed by atoms with Crippen molar-refractivity contribution in [3.05, 3.63) is 69.8 Å². The van der Waals surface area contributed by atoms with Gasteiger partial charge in [-0.3, -0.25) is 4.79 Å². The highest BCUT2D eigenvalue weighted by Crippen LogP contribution is 2.22. The number of hydrogen-bond acceptors (Lipinski definition) is 1. The molecule has 1 amide bonds. The topological polar surface area (TPSA) is 29.1 Å². The molecule has 0 aromatic heterocycles. The van der Waals surface area contributed by atoms with Gasteiger partial charge in [-0.05, 0) is 56.9 Å². The summed E-state index contributed by atoms with van der Waals surface area (Å²) >= 11 is 0. The molecule has 1 unspecified atom stereocenters. The molecule has 0 fully saturated rings. The third-order valence-corrected chi connectivity index (χ3v) is 4.15. The zero-order chi connectivity index (χ0) is 16.3. The Balaban J connectivity index is 2.26. The second kappa shape index (κ2) is 6.78. The van der Waals surface area contributed by atoms with Crippen LogP contribution in [0, 0.1) is 27.7 Å². The Morgan fingerprint density at radius 2 is 1.59 bits per heavy atom. The Bertz CT molecular complexity index is 688. The van der Waals surface area contributed by atoms with Crippen molar-refractivity contribution in [2.45, 2.75) is 47.1 Å². The number of rotatable bonds is 4. The van der Waals surface area contributed by atoms with Gasteiger partial charge in [0.25, 0.3) is 5.91 Å². The zero-order valence-corrected chi connectivity index (χ0v) is 14.2. The molecule has 2 aromatic carbocycles. The van der Waals surface area contributed by atoms with Gasteiger partial charge in [-0.2, -0.15) is 0 Å². The molecule has 2 nitrogen and oxygen atoms in total. The number of carbonyl (C=O) groups excluding carboxylic acids is 1. The molecule has 2 aromatic rings. The Morgan fingerprint density at radius 3 is 2.23 bits per heavy atom. The van der Waals surface area contributed by atoms with Gasteiger partial charge in [0, 0.05) is 5.56 Å². The van der Waals surface area contributed by atoms with Crippen LogP contribution in [0.15, 0.2) is 36.4 Å². The van der Waals surface area contributed by atoms with Crippen molar-refractivity contribution in [2.24, 2.45) is 0 Å². The number of nitrogens with one attached hydrogen (secondary N) is 1. The van der Waals surface area contributed by atoms with E-state index in [1.807, 2.05) is 32.0 Å². The third-order valence-electron chi connectivity index (χ3n) is 4.15. The summed E-state index contributed by atoms with van der Waals surface area (Å²) in [6, 6.07) is 12.4. The highest BCUT2D eigenvalue weighted by Gasteiger charge is 2.17. The lowest BCUT2D eigenvalue weighted by Crippen LogP contribution is -2.29. The van der Waals surface area contributed by atoms with Crippen LogP contribution < -0.4 is 5.32 Å². The van der Waals surface area contributed by atoms with Gasteiger partial charge >= 0.3 is 0 Å². The van der Waals surface area contributed by atoms with E-state index in [0.29, 0.717) is 0 Å². The normalized spacial score (nSPS) is 12.0. The van der Waals surface area contributed by atoms with Gasteiger partial charge in [0.2, 0.25) is 0 Å². The van der Waals surface area contributed by atoms with Crippen molar-refractivity contribution in [3.8, 4) is 0 Å². The van der Waals surface area contributed by atoms with E-state index in [0.717, 1.165) is 23.1 Å². The van der Waals surface area contributed by atoms with Gasteiger partial charge in [-0.25, -0.2) is 0 Å². The average molecular weight is 295 g/mol. The average Bonchev–Trinajstić information content (AvgIpc) is 2.47. The third kappa shape index (κ3) is 3.56. The maximum Gasteiger partial charge on any atom is 0.252 e. The number of benzene rings is 2. The number of aryl methyl sites for hydroxylation is 4. The molecule has 1 atom stereocenters. The van der Waals surface area contributed by atoms with E-state index in [9.17, 15) is 4.79 Å². The van der Waals surface area contributed by atoms with E-state index in [2.05, 4.69) is 44.3 Å². The Morgan fingerprint density at radius 1 is 0.955 bits per heavy atom. The highest BCUT2D eigenvalue weighted by atomic mass is 16.1. The fourth-order valence-electron chi connectivity index (χ4n) is 2.83. The maximum absolute atomic E-state index is 12.6. The lowest BCUT2D eigenvalue weighted by Gasteiger charge is -2.20. The maximum atomic E-state index is 12.6. The fourth-order valence-corrected chi connectivity index (χ4v) is 2.83. The molecule has 0 radical (unpaired) electrons. The minimum atomic E-state index is 0.00743. The minimum Gasteiger partial charge on any atom is -0.345 e. The highest BCUT2D eigenvalue weighted by molar-refractivity contribution is 5.96. The van der Waals surface area contributed by atoms with Gasteiger partial charge in [0.1, 0.15) is 0 Å². The standard InChI is InChI=1S/C20H25NO/c1-6-19(17-10-8-13(2)11-16(17)5)21-20(22)18-12-14(3)7-9-15(18)4/h7-12,19H,6H2,1-5H3,(H,21,22). The first kappa shape index (κ1) is 16.3. The SMILES string of the molecule is CCC(NC(=O)c1cc(C)ccc1C)c1ccc(C)cc1C. The summed E-state index contributed by atoms with van der Waals surface area (Å²) in [5.41, 5.74) is 6.56. The van der Waals surface area contributed by atoms with Gasteiger partial charge < -0.3 is 5.32 Å². The quantitative estimate of drug-likeness (QED) is 0.862. The summed E-state index contributed by atoms with van der Waals surface area (Å²) in [7, 11) is 0. The van der Waals surface area contributed by atoms with Crippen molar-refractivity contribution in [2.75, 3.05) is 0 Å². The molecule has 0 spiro atoms. The first-order valence-corrected chi connectivity index (χ1v) is 7.87. The minimum absolute atomic E-state index is 0.00743. The molecular formula is C20H25NO. The zero-order valence-electron chi connectivity index (χ0n) is 14.2. The molecular weight excluding hydrogens is 270 g/mol. The van der Waals surface area contributed by atoms with Crippen molar-refractivity contribution in [1.29, 1.82) is 0 Å². The molecule has 0 aliphatic heterocycles. The van der Waals surface area contributed by atoms with Gasteiger partial charge in [-0.1, -0.05) is 48.4 Å². The Labute approximate surface area is 133 Å². The first-order chi connectivity index (χ1) is 10.4. The van der Waals surface area contributed by atoms with Gasteiger partial charge in [0.15, 0.2) is 0 Å². The second-order valence-corrected chi connectivity index (χ2v) is 6.11. The summed E-state index contributed by atoms with van der Waals surface area (Å²) in [6.07, 6.45) is 0.876. The van der Waals surface area contributed by atoms with E-state index >= 15 is 0 Å². The van der Waals surface area contributed by atoms with Gasteiger partial charge in [0.05, 0.1) is 6.04 Å². The largest absolute Gasteiger partial charge is 0.345 e. The Hall–Kier alpha value is -2.09. The van der Waals surface area contributed by atoms with E-state index in [1.54, 1.807) is 0 Å². The number of carbonyl (C=O) groups is 1. The smallest absolute Gasteiger partial charge is 0.252 e. The van der Waals surface area contributed by atoms with Crippen LogP contribution in [0.4, 0.5) is 0 Å². The first-order valence-electron chi connectivity index (χ1n) is 7.87. The molecule has 22 heavy (non-hydrogen) atoms. The molecule has 2 rings (SSSR count). The summed E-state index contributed by atoms with van der Waals surface area (Å²) in [4.78, 5) is 12.6. The van der Waals surface area contributed by atoms with Crippen LogP contribution in [-0.2, 0) is 0 Å². The molecule has 0 saturated heterocycles. The van der Waals surface area contributed by atoms with Crippen LogP contribution in [0.5, 0.6) is 0 Å². The number of hydrogen-bond donors (Lipinski definition) is 1. The summed E-state index contributed by atoms with van der Waals surface area (Å²) < 4.78 is 0. The monoisotopic (exact) mass is 295 g/mol. The van der Waals surface area contributed by atoms with E-state index < -0.39 is 0 Å². The molecule has 0 heterocycles. The van der Waals surface area contributed by atoms with E-state index in [-0.39, 0.29) is 11.9 Å². The van der Waals surface area contributed by atoms with Crippen LogP contribution in [0.2, 0.25) is 0 Å². The predicted molar refractivity (Wildman–Crippen MR) is 92.3 cm³/mol. The molecule has 116 valence electrons. The predicted octanol–water partition coefficient (Wildman–Crippen LogP) is 4.80. The van der Waals surface area contributed by atoms with E-state index in [1.165, 1.54) is 16.7 Å². The fraction of sp³-hybridized carbons (Fsp3) is 0.350. The van der Waals surface area contributed by atoms with Crippen molar-refractivity contribution in [1.82, 2.24) is 5.32 Å².